The Morgan fingerprint density at radius 1 is 0.963 bits per heavy atom. The summed E-state index contributed by atoms with van der Waals surface area (Å²) in [6.45, 7) is 0.803. The van der Waals surface area contributed by atoms with Gasteiger partial charge in [-0.15, -0.1) is 12.4 Å². The summed E-state index contributed by atoms with van der Waals surface area (Å²) in [7, 11) is 2.08. The number of aryl methyl sites for hydroxylation is 1. The lowest BCUT2D eigenvalue weighted by molar-refractivity contribution is 0.473. The zero-order chi connectivity index (χ0) is 17.9. The molecule has 1 N–H and O–H groups in total. The number of para-hydroxylation sites is 1. The van der Waals surface area contributed by atoms with E-state index in [2.05, 4.69) is 36.2 Å². The van der Waals surface area contributed by atoms with E-state index in [0.717, 1.165) is 37.1 Å². The van der Waals surface area contributed by atoms with Crippen LogP contribution in [0, 0.1) is 0 Å². The van der Waals surface area contributed by atoms with Gasteiger partial charge < -0.3 is 14.4 Å². The Labute approximate surface area is 166 Å². The summed E-state index contributed by atoms with van der Waals surface area (Å²) < 4.78 is 5.24. The zero-order valence-corrected chi connectivity index (χ0v) is 16.2. The largest absolute Gasteiger partial charge is 0.507 e. The maximum absolute atomic E-state index is 10.6. The number of hydrogen-bond donors (Lipinski definition) is 1. The van der Waals surface area contributed by atoms with Crippen LogP contribution in [-0.4, -0.2) is 18.7 Å². The molecule has 0 atom stereocenters. The molecule has 1 heterocycles. The molecule has 3 aromatic rings. The number of phenols is 1. The Bertz CT molecular complexity index is 931. The average molecular weight is 382 g/mol. The first kappa shape index (κ1) is 19.1. The maximum atomic E-state index is 10.6. The number of rotatable bonds is 4. The first-order chi connectivity index (χ1) is 12.7. The van der Waals surface area contributed by atoms with Gasteiger partial charge in [0, 0.05) is 19.2 Å². The van der Waals surface area contributed by atoms with Gasteiger partial charge in [0.1, 0.15) is 12.0 Å². The van der Waals surface area contributed by atoms with Crippen molar-refractivity contribution in [2.45, 2.75) is 19.3 Å². The number of halogens is 1. The van der Waals surface area contributed by atoms with Crippen molar-refractivity contribution in [2.24, 2.45) is 0 Å². The smallest absolute Gasteiger partial charge is 0.123 e. The molecule has 0 aliphatic heterocycles. The van der Waals surface area contributed by atoms with Crippen molar-refractivity contribution in [3.8, 4) is 5.75 Å². The van der Waals surface area contributed by atoms with E-state index in [4.69, 9.17) is 4.42 Å². The van der Waals surface area contributed by atoms with Crippen molar-refractivity contribution in [1.82, 2.24) is 0 Å². The van der Waals surface area contributed by atoms with Crippen LogP contribution in [0.4, 0.5) is 5.69 Å². The number of aromatic hydroxyl groups is 1. The van der Waals surface area contributed by atoms with Gasteiger partial charge in [-0.3, -0.25) is 0 Å². The molecule has 0 unspecified atom stereocenters. The number of fused-ring (bicyclic) bond motifs is 1. The molecule has 1 aliphatic carbocycles. The van der Waals surface area contributed by atoms with Gasteiger partial charge in [-0.05, 0) is 53.7 Å². The average Bonchev–Trinajstić information content (AvgIpc) is 3.13. The summed E-state index contributed by atoms with van der Waals surface area (Å²) in [4.78, 5) is 2.20. The molecule has 0 amide bonds. The second-order valence-corrected chi connectivity index (χ2v) is 6.84. The summed E-state index contributed by atoms with van der Waals surface area (Å²) in [5.74, 6) is 0.336. The Hall–Kier alpha value is -2.65. The molecular weight excluding hydrogens is 358 g/mol. The fraction of sp³-hybridized carbons (Fsp3) is 0.217. The first-order valence-corrected chi connectivity index (χ1v) is 9.06. The number of furan rings is 1. The summed E-state index contributed by atoms with van der Waals surface area (Å²) in [5.41, 5.74) is 7.09. The van der Waals surface area contributed by atoms with Crippen molar-refractivity contribution in [3.05, 3.63) is 89.4 Å². The van der Waals surface area contributed by atoms with Gasteiger partial charge in [-0.2, -0.15) is 0 Å². The number of anilines is 1. The van der Waals surface area contributed by atoms with Gasteiger partial charge in [0.15, 0.2) is 0 Å². The lowest BCUT2D eigenvalue weighted by Crippen LogP contribution is -2.20. The van der Waals surface area contributed by atoms with E-state index in [-0.39, 0.29) is 12.4 Å². The number of phenolic OH excluding ortho intramolecular Hbond substituents is 1. The van der Waals surface area contributed by atoms with Gasteiger partial charge in [0.05, 0.1) is 12.0 Å². The Morgan fingerprint density at radius 2 is 1.70 bits per heavy atom. The van der Waals surface area contributed by atoms with E-state index in [1.165, 1.54) is 22.3 Å². The van der Waals surface area contributed by atoms with E-state index in [0.29, 0.717) is 5.75 Å². The highest BCUT2D eigenvalue weighted by atomic mass is 35.5. The molecule has 0 fully saturated rings. The van der Waals surface area contributed by atoms with Crippen molar-refractivity contribution in [2.75, 3.05) is 18.5 Å². The van der Waals surface area contributed by atoms with Gasteiger partial charge in [0.2, 0.25) is 0 Å². The van der Waals surface area contributed by atoms with Crippen LogP contribution in [0.1, 0.15) is 29.5 Å². The minimum atomic E-state index is 0. The van der Waals surface area contributed by atoms with E-state index >= 15 is 0 Å². The van der Waals surface area contributed by atoms with Gasteiger partial charge in [-0.25, -0.2) is 0 Å². The first-order valence-electron chi connectivity index (χ1n) is 9.06. The number of hydrogen-bond acceptors (Lipinski definition) is 3. The van der Waals surface area contributed by atoms with Crippen LogP contribution in [0.15, 0.2) is 77.1 Å². The summed E-state index contributed by atoms with van der Waals surface area (Å²) in [6.07, 6.45) is 6.66. The SMILES string of the molecule is CN(CC1=C(c2ccccc2O)c2ccccc2CCC1)c1ccoc1.Cl. The van der Waals surface area contributed by atoms with Crippen molar-refractivity contribution < 1.29 is 9.52 Å². The molecule has 4 heteroatoms. The molecule has 0 bridgehead atoms. The lowest BCUT2D eigenvalue weighted by Gasteiger charge is -2.22. The molecular formula is C23H24ClNO2. The minimum absolute atomic E-state index is 0. The maximum Gasteiger partial charge on any atom is 0.123 e. The quantitative estimate of drug-likeness (QED) is 0.631. The zero-order valence-electron chi connectivity index (χ0n) is 15.4. The molecule has 0 spiro atoms. The number of likely N-dealkylation sites (N-methyl/N-ethyl adjacent to an activating group) is 1. The third-order valence-electron chi connectivity index (χ3n) is 5.11. The van der Waals surface area contributed by atoms with Crippen molar-refractivity contribution in [3.63, 3.8) is 0 Å². The molecule has 2 aromatic carbocycles. The van der Waals surface area contributed by atoms with Crippen molar-refractivity contribution in [1.29, 1.82) is 0 Å². The summed E-state index contributed by atoms with van der Waals surface area (Å²) in [6, 6.07) is 18.2. The van der Waals surface area contributed by atoms with Crippen LogP contribution in [0.2, 0.25) is 0 Å². The lowest BCUT2D eigenvalue weighted by atomic mass is 9.90. The van der Waals surface area contributed by atoms with Crippen LogP contribution in [0.5, 0.6) is 5.75 Å². The van der Waals surface area contributed by atoms with Crippen LogP contribution >= 0.6 is 12.4 Å². The van der Waals surface area contributed by atoms with E-state index in [1.54, 1.807) is 18.6 Å². The molecule has 27 heavy (non-hydrogen) atoms. The topological polar surface area (TPSA) is 36.6 Å². The minimum Gasteiger partial charge on any atom is -0.507 e. The molecule has 3 nitrogen and oxygen atoms in total. The predicted molar refractivity (Wildman–Crippen MR) is 113 cm³/mol. The molecule has 0 saturated carbocycles. The normalized spacial score (nSPS) is 13.5. The predicted octanol–water partition coefficient (Wildman–Crippen LogP) is 5.68. The van der Waals surface area contributed by atoms with Gasteiger partial charge >= 0.3 is 0 Å². The fourth-order valence-corrected chi connectivity index (χ4v) is 3.82. The van der Waals surface area contributed by atoms with Crippen molar-refractivity contribution >= 4 is 23.7 Å². The molecule has 1 aromatic heterocycles. The second-order valence-electron chi connectivity index (χ2n) is 6.84. The highest BCUT2D eigenvalue weighted by Crippen LogP contribution is 2.39. The van der Waals surface area contributed by atoms with Crippen LogP contribution in [0.3, 0.4) is 0 Å². The molecule has 0 saturated heterocycles. The fourth-order valence-electron chi connectivity index (χ4n) is 3.82. The molecule has 140 valence electrons. The Kier molecular flexibility index (Phi) is 5.92. The Balaban J connectivity index is 0.00000210. The number of benzene rings is 2. The van der Waals surface area contributed by atoms with Crippen LogP contribution in [0.25, 0.3) is 5.57 Å². The van der Waals surface area contributed by atoms with Gasteiger partial charge in [-0.1, -0.05) is 42.5 Å². The van der Waals surface area contributed by atoms with Gasteiger partial charge in [0.25, 0.3) is 0 Å². The second kappa shape index (κ2) is 8.36. The highest BCUT2D eigenvalue weighted by molar-refractivity contribution is 5.87. The summed E-state index contributed by atoms with van der Waals surface area (Å²) in [5, 5.41) is 10.6. The molecule has 1 aliphatic rings. The van der Waals surface area contributed by atoms with Crippen LogP contribution in [-0.2, 0) is 6.42 Å². The standard InChI is InChI=1S/C23H23NO2.ClH/c1-24(19-13-14-26-16-19)15-18-9-6-8-17-7-2-3-10-20(17)23(18)21-11-4-5-12-22(21)25;/h2-5,7,10-14,16,25H,6,8-9,15H2,1H3;1H. The summed E-state index contributed by atoms with van der Waals surface area (Å²) >= 11 is 0. The monoisotopic (exact) mass is 381 g/mol. The third-order valence-corrected chi connectivity index (χ3v) is 5.11. The van der Waals surface area contributed by atoms with E-state index in [1.807, 2.05) is 24.3 Å². The number of nitrogens with zero attached hydrogens (tertiary/aromatic N) is 1. The van der Waals surface area contributed by atoms with E-state index in [9.17, 15) is 5.11 Å². The molecule has 4 rings (SSSR count). The Morgan fingerprint density at radius 3 is 2.44 bits per heavy atom. The highest BCUT2D eigenvalue weighted by Gasteiger charge is 2.21. The van der Waals surface area contributed by atoms with E-state index < -0.39 is 0 Å². The molecule has 0 radical (unpaired) electrons. The van der Waals surface area contributed by atoms with Crippen LogP contribution < -0.4 is 4.90 Å². The third kappa shape index (κ3) is 3.88.